The number of carbonyl (C=O) groups is 1. The highest BCUT2D eigenvalue weighted by molar-refractivity contribution is 9.10. The van der Waals surface area contributed by atoms with Gasteiger partial charge in [-0.25, -0.2) is 0 Å². The molecule has 0 aliphatic carbocycles. The standard InChI is InChI=1S/C12H18BrN3O2S/c1-3-16-9(11(13)8(2)14-16)6-15-4-5-19-7-10(15)12(17)18/h10H,3-7H2,1-2H3,(H,17,18). The van der Waals surface area contributed by atoms with Gasteiger partial charge in [0.05, 0.1) is 15.9 Å². The van der Waals surface area contributed by atoms with Crippen LogP contribution in [0.3, 0.4) is 0 Å². The van der Waals surface area contributed by atoms with Gasteiger partial charge < -0.3 is 5.11 Å². The quantitative estimate of drug-likeness (QED) is 0.902. The van der Waals surface area contributed by atoms with E-state index >= 15 is 0 Å². The first-order valence-corrected chi connectivity index (χ1v) is 8.25. The number of aromatic nitrogens is 2. The van der Waals surface area contributed by atoms with Gasteiger partial charge in [0.25, 0.3) is 0 Å². The number of aryl methyl sites for hydroxylation is 2. The molecule has 1 atom stereocenters. The van der Waals surface area contributed by atoms with Gasteiger partial charge in [0.1, 0.15) is 6.04 Å². The molecule has 1 aromatic heterocycles. The van der Waals surface area contributed by atoms with E-state index in [9.17, 15) is 9.90 Å². The van der Waals surface area contributed by atoms with Crippen molar-refractivity contribution in [3.8, 4) is 0 Å². The third-order valence-corrected chi connectivity index (χ3v) is 5.38. The van der Waals surface area contributed by atoms with Crippen LogP contribution in [0.15, 0.2) is 4.47 Å². The third kappa shape index (κ3) is 3.14. The number of halogens is 1. The van der Waals surface area contributed by atoms with Crippen molar-refractivity contribution in [1.29, 1.82) is 0 Å². The van der Waals surface area contributed by atoms with Crippen molar-refractivity contribution in [1.82, 2.24) is 14.7 Å². The molecule has 0 amide bonds. The molecule has 1 fully saturated rings. The fourth-order valence-electron chi connectivity index (χ4n) is 2.27. The Labute approximate surface area is 125 Å². The number of hydrogen-bond donors (Lipinski definition) is 1. The maximum absolute atomic E-state index is 11.3. The van der Waals surface area contributed by atoms with E-state index in [-0.39, 0.29) is 0 Å². The SMILES string of the molecule is CCn1nc(C)c(Br)c1CN1CCSCC1C(=O)O. The molecule has 1 saturated heterocycles. The van der Waals surface area contributed by atoms with Crippen LogP contribution < -0.4 is 0 Å². The van der Waals surface area contributed by atoms with Gasteiger partial charge in [-0.1, -0.05) is 0 Å². The fraction of sp³-hybridized carbons (Fsp3) is 0.667. The lowest BCUT2D eigenvalue weighted by atomic mass is 10.2. The molecule has 7 heteroatoms. The van der Waals surface area contributed by atoms with Crippen LogP contribution in [0.25, 0.3) is 0 Å². The van der Waals surface area contributed by atoms with Gasteiger partial charge >= 0.3 is 5.97 Å². The summed E-state index contributed by atoms with van der Waals surface area (Å²) in [6.07, 6.45) is 0. The first-order valence-electron chi connectivity index (χ1n) is 6.31. The minimum absolute atomic E-state index is 0.397. The predicted octanol–water partition coefficient (Wildman–Crippen LogP) is 1.98. The smallest absolute Gasteiger partial charge is 0.321 e. The van der Waals surface area contributed by atoms with Crippen LogP contribution in [0.2, 0.25) is 0 Å². The molecule has 1 aromatic rings. The summed E-state index contributed by atoms with van der Waals surface area (Å²) >= 11 is 5.27. The van der Waals surface area contributed by atoms with Crippen LogP contribution in [0.5, 0.6) is 0 Å². The summed E-state index contributed by atoms with van der Waals surface area (Å²) in [7, 11) is 0. The van der Waals surface area contributed by atoms with E-state index in [1.807, 2.05) is 23.4 Å². The predicted molar refractivity (Wildman–Crippen MR) is 79.5 cm³/mol. The Bertz CT molecular complexity index is 478. The molecule has 0 bridgehead atoms. The highest BCUT2D eigenvalue weighted by Gasteiger charge is 2.30. The Kier molecular flexibility index (Phi) is 4.92. The van der Waals surface area contributed by atoms with Crippen LogP contribution >= 0.6 is 27.7 Å². The summed E-state index contributed by atoms with van der Waals surface area (Å²) in [6, 6.07) is -0.397. The number of nitrogens with zero attached hydrogens (tertiary/aromatic N) is 3. The number of rotatable bonds is 4. The molecule has 106 valence electrons. The second-order valence-electron chi connectivity index (χ2n) is 4.56. The van der Waals surface area contributed by atoms with Gasteiger partial charge in [-0.15, -0.1) is 0 Å². The number of thioether (sulfide) groups is 1. The van der Waals surface area contributed by atoms with E-state index in [2.05, 4.69) is 21.0 Å². The van der Waals surface area contributed by atoms with Gasteiger partial charge in [-0.2, -0.15) is 16.9 Å². The van der Waals surface area contributed by atoms with Gasteiger partial charge in [0, 0.05) is 31.1 Å². The topological polar surface area (TPSA) is 58.4 Å². The normalized spacial score (nSPS) is 20.7. The number of carboxylic acid groups (broad SMARTS) is 1. The molecule has 0 aromatic carbocycles. The second-order valence-corrected chi connectivity index (χ2v) is 6.50. The van der Waals surface area contributed by atoms with E-state index in [0.717, 1.165) is 34.7 Å². The van der Waals surface area contributed by atoms with Crippen LogP contribution in [-0.2, 0) is 17.9 Å². The zero-order valence-corrected chi connectivity index (χ0v) is 13.5. The first-order chi connectivity index (χ1) is 9.04. The van der Waals surface area contributed by atoms with Crippen LogP contribution in [0.4, 0.5) is 0 Å². The maximum atomic E-state index is 11.3. The monoisotopic (exact) mass is 347 g/mol. The Hall–Kier alpha value is -0.530. The highest BCUT2D eigenvalue weighted by Crippen LogP contribution is 2.25. The molecule has 1 N–H and O–H groups in total. The number of aliphatic carboxylic acids is 1. The summed E-state index contributed by atoms with van der Waals surface area (Å²) < 4.78 is 2.94. The second kappa shape index (κ2) is 6.28. The Morgan fingerprint density at radius 3 is 3.00 bits per heavy atom. The molecular weight excluding hydrogens is 330 g/mol. The van der Waals surface area contributed by atoms with Crippen molar-refractivity contribution in [2.45, 2.75) is 33.0 Å². The summed E-state index contributed by atoms with van der Waals surface area (Å²) in [5.41, 5.74) is 2.02. The molecule has 1 unspecified atom stereocenters. The lowest BCUT2D eigenvalue weighted by Gasteiger charge is -2.32. The molecule has 2 heterocycles. The molecule has 19 heavy (non-hydrogen) atoms. The average Bonchev–Trinajstić information content (AvgIpc) is 2.67. The van der Waals surface area contributed by atoms with Crippen molar-refractivity contribution in [3.63, 3.8) is 0 Å². The van der Waals surface area contributed by atoms with E-state index < -0.39 is 12.0 Å². The van der Waals surface area contributed by atoms with E-state index in [1.54, 1.807) is 11.8 Å². The highest BCUT2D eigenvalue weighted by atomic mass is 79.9. The number of hydrogen-bond acceptors (Lipinski definition) is 4. The molecule has 1 aliphatic rings. The fourth-order valence-corrected chi connectivity index (χ4v) is 3.78. The Morgan fingerprint density at radius 1 is 1.63 bits per heavy atom. The van der Waals surface area contributed by atoms with Crippen molar-refractivity contribution >= 4 is 33.7 Å². The molecule has 0 radical (unpaired) electrons. The molecule has 1 aliphatic heterocycles. The lowest BCUT2D eigenvalue weighted by Crippen LogP contribution is -2.47. The number of carboxylic acids is 1. The molecule has 2 rings (SSSR count). The molecule has 0 spiro atoms. The van der Waals surface area contributed by atoms with Crippen molar-refractivity contribution < 1.29 is 9.90 Å². The first kappa shape index (κ1) is 14.9. The maximum Gasteiger partial charge on any atom is 0.321 e. The summed E-state index contributed by atoms with van der Waals surface area (Å²) in [5, 5.41) is 13.8. The zero-order chi connectivity index (χ0) is 14.0. The average molecular weight is 348 g/mol. The van der Waals surface area contributed by atoms with Crippen LogP contribution in [0.1, 0.15) is 18.3 Å². The molecule has 5 nitrogen and oxygen atoms in total. The Balaban J connectivity index is 2.21. The van der Waals surface area contributed by atoms with Crippen molar-refractivity contribution in [2.75, 3.05) is 18.1 Å². The van der Waals surface area contributed by atoms with Crippen molar-refractivity contribution in [3.05, 3.63) is 15.9 Å². The molecule has 0 saturated carbocycles. The van der Waals surface area contributed by atoms with Gasteiger partial charge in [-0.3, -0.25) is 14.4 Å². The summed E-state index contributed by atoms with van der Waals surface area (Å²) in [4.78, 5) is 13.3. The minimum Gasteiger partial charge on any atom is -0.480 e. The zero-order valence-electron chi connectivity index (χ0n) is 11.1. The van der Waals surface area contributed by atoms with Gasteiger partial charge in [-0.05, 0) is 29.8 Å². The van der Waals surface area contributed by atoms with E-state index in [1.165, 1.54) is 0 Å². The lowest BCUT2D eigenvalue weighted by molar-refractivity contribution is -0.142. The van der Waals surface area contributed by atoms with E-state index in [0.29, 0.717) is 12.3 Å². The van der Waals surface area contributed by atoms with Crippen LogP contribution in [0, 0.1) is 6.92 Å². The van der Waals surface area contributed by atoms with Crippen molar-refractivity contribution in [2.24, 2.45) is 0 Å². The molecular formula is C12H18BrN3O2S. The summed E-state index contributed by atoms with van der Waals surface area (Å²) in [6.45, 7) is 6.24. The largest absolute Gasteiger partial charge is 0.480 e. The van der Waals surface area contributed by atoms with E-state index in [4.69, 9.17) is 0 Å². The Morgan fingerprint density at radius 2 is 2.37 bits per heavy atom. The van der Waals surface area contributed by atoms with Gasteiger partial charge in [0.2, 0.25) is 0 Å². The minimum atomic E-state index is -0.734. The van der Waals surface area contributed by atoms with Gasteiger partial charge in [0.15, 0.2) is 0 Å². The van der Waals surface area contributed by atoms with Crippen LogP contribution in [-0.4, -0.2) is 49.8 Å². The third-order valence-electron chi connectivity index (χ3n) is 3.33. The summed E-state index contributed by atoms with van der Waals surface area (Å²) in [5.74, 6) is 0.912.